The van der Waals surface area contributed by atoms with E-state index in [0.717, 1.165) is 31.7 Å². The van der Waals surface area contributed by atoms with Crippen LogP contribution in [0.4, 0.5) is 0 Å². The van der Waals surface area contributed by atoms with Crippen LogP contribution in [0, 0.1) is 23.2 Å². The normalized spacial score (nSPS) is 25.9. The summed E-state index contributed by atoms with van der Waals surface area (Å²) in [5, 5.41) is 0. The van der Waals surface area contributed by atoms with Gasteiger partial charge in [0, 0.05) is 19.8 Å². The third-order valence-corrected chi connectivity index (χ3v) is 5.68. The minimum Gasteiger partial charge on any atom is -0.381 e. The van der Waals surface area contributed by atoms with E-state index in [9.17, 15) is 0 Å². The molecule has 1 unspecified atom stereocenters. The van der Waals surface area contributed by atoms with Crippen molar-refractivity contribution in [2.24, 2.45) is 23.2 Å². The van der Waals surface area contributed by atoms with Gasteiger partial charge in [-0.05, 0) is 55.3 Å². The zero-order valence-electron chi connectivity index (χ0n) is 15.3. The zero-order valence-corrected chi connectivity index (χ0v) is 15.3. The average Bonchev–Trinajstić information content (AvgIpc) is 2.49. The predicted octanol–water partition coefficient (Wildman–Crippen LogP) is 5.31. The molecule has 0 aliphatic carbocycles. The van der Waals surface area contributed by atoms with Crippen molar-refractivity contribution in [2.45, 2.75) is 79.8 Å². The van der Waals surface area contributed by atoms with Crippen molar-refractivity contribution in [3.05, 3.63) is 0 Å². The molecule has 0 aromatic carbocycles. The Bertz CT molecular complexity index is 249. The molecule has 2 fully saturated rings. The van der Waals surface area contributed by atoms with E-state index >= 15 is 0 Å². The van der Waals surface area contributed by atoms with Crippen LogP contribution in [0.3, 0.4) is 0 Å². The van der Waals surface area contributed by atoms with Crippen LogP contribution >= 0.6 is 0 Å². The minimum absolute atomic E-state index is 0.554. The van der Waals surface area contributed by atoms with Crippen molar-refractivity contribution in [2.75, 3.05) is 19.8 Å². The maximum Gasteiger partial charge on any atom is 0.0598 e. The Hall–Kier alpha value is -0.0800. The lowest BCUT2D eigenvalue weighted by Crippen LogP contribution is -2.38. The molecule has 0 amide bonds. The molecule has 1 atom stereocenters. The third kappa shape index (κ3) is 5.56. The number of hydrogen-bond donors (Lipinski definition) is 0. The quantitative estimate of drug-likeness (QED) is 0.703. The number of ether oxygens (including phenoxy) is 2. The molecule has 0 aromatic rings. The summed E-state index contributed by atoms with van der Waals surface area (Å²) in [6, 6.07) is 0. The van der Waals surface area contributed by atoms with E-state index in [1.54, 1.807) is 0 Å². The van der Waals surface area contributed by atoms with Gasteiger partial charge in [-0.2, -0.15) is 0 Å². The summed E-state index contributed by atoms with van der Waals surface area (Å²) in [6.07, 6.45) is 6.97. The van der Waals surface area contributed by atoms with Crippen LogP contribution in [-0.2, 0) is 9.47 Å². The lowest BCUT2D eigenvalue weighted by atomic mass is 9.64. The summed E-state index contributed by atoms with van der Waals surface area (Å²) in [4.78, 5) is 0. The molecule has 2 rings (SSSR count). The first kappa shape index (κ1) is 19.0. The molecule has 2 heterocycles. The molecule has 0 bridgehead atoms. The number of hydrogen-bond acceptors (Lipinski definition) is 2. The van der Waals surface area contributed by atoms with E-state index in [1.165, 1.54) is 32.1 Å². The molecule has 0 radical (unpaired) electrons. The van der Waals surface area contributed by atoms with Gasteiger partial charge in [0.1, 0.15) is 0 Å². The smallest absolute Gasteiger partial charge is 0.0598 e. The fraction of sp³-hybridized carbons (Fsp3) is 1.00. The van der Waals surface area contributed by atoms with Gasteiger partial charge >= 0.3 is 0 Å². The molecule has 126 valence electrons. The summed E-state index contributed by atoms with van der Waals surface area (Å²) in [5.41, 5.74) is 0.554. The molecule has 0 spiro atoms. The summed E-state index contributed by atoms with van der Waals surface area (Å²) < 4.78 is 11.0. The Balaban J connectivity index is 0.000000219. The SMILES string of the molecule is CC(C)C1(C(C)C)CCOCC1.CC(C)C1CCCCO1. The van der Waals surface area contributed by atoms with E-state index in [0.29, 0.717) is 17.4 Å². The molecule has 2 aliphatic rings. The van der Waals surface area contributed by atoms with Gasteiger partial charge in [-0.1, -0.05) is 41.5 Å². The lowest BCUT2D eigenvalue weighted by molar-refractivity contribution is -0.0381. The first-order valence-electron chi connectivity index (χ1n) is 9.09. The first-order chi connectivity index (χ1) is 9.90. The Labute approximate surface area is 133 Å². The van der Waals surface area contributed by atoms with Crippen molar-refractivity contribution < 1.29 is 9.47 Å². The van der Waals surface area contributed by atoms with E-state index < -0.39 is 0 Å². The fourth-order valence-electron chi connectivity index (χ4n) is 3.86. The number of rotatable bonds is 3. The van der Waals surface area contributed by atoms with E-state index in [4.69, 9.17) is 9.47 Å². The van der Waals surface area contributed by atoms with Crippen molar-refractivity contribution in [1.82, 2.24) is 0 Å². The van der Waals surface area contributed by atoms with Crippen molar-refractivity contribution in [3.8, 4) is 0 Å². The highest BCUT2D eigenvalue weighted by Gasteiger charge is 2.38. The molecule has 2 saturated heterocycles. The van der Waals surface area contributed by atoms with Gasteiger partial charge in [-0.3, -0.25) is 0 Å². The van der Waals surface area contributed by atoms with Crippen molar-refractivity contribution in [3.63, 3.8) is 0 Å². The van der Waals surface area contributed by atoms with E-state index in [1.807, 2.05) is 0 Å². The second kappa shape index (κ2) is 9.15. The Morgan fingerprint density at radius 3 is 1.67 bits per heavy atom. The van der Waals surface area contributed by atoms with Gasteiger partial charge in [0.05, 0.1) is 6.10 Å². The van der Waals surface area contributed by atoms with Crippen molar-refractivity contribution in [1.29, 1.82) is 0 Å². The van der Waals surface area contributed by atoms with Gasteiger partial charge in [0.15, 0.2) is 0 Å². The van der Waals surface area contributed by atoms with Crippen LogP contribution in [0.15, 0.2) is 0 Å². The highest BCUT2D eigenvalue weighted by Crippen LogP contribution is 2.44. The second-order valence-electron chi connectivity index (χ2n) is 7.80. The first-order valence-corrected chi connectivity index (χ1v) is 9.09. The zero-order chi connectivity index (χ0) is 15.9. The fourth-order valence-corrected chi connectivity index (χ4v) is 3.86. The third-order valence-electron chi connectivity index (χ3n) is 5.68. The molecule has 0 aromatic heterocycles. The Morgan fingerprint density at radius 1 is 0.810 bits per heavy atom. The molecular formula is C19H38O2. The van der Waals surface area contributed by atoms with Gasteiger partial charge in [-0.25, -0.2) is 0 Å². The molecular weight excluding hydrogens is 260 g/mol. The van der Waals surface area contributed by atoms with Crippen LogP contribution < -0.4 is 0 Å². The topological polar surface area (TPSA) is 18.5 Å². The maximum absolute atomic E-state index is 5.54. The van der Waals surface area contributed by atoms with Crippen molar-refractivity contribution >= 4 is 0 Å². The molecule has 0 saturated carbocycles. The van der Waals surface area contributed by atoms with Gasteiger partial charge in [-0.15, -0.1) is 0 Å². The van der Waals surface area contributed by atoms with Crippen LogP contribution in [-0.4, -0.2) is 25.9 Å². The lowest BCUT2D eigenvalue weighted by Gasteiger charge is -2.44. The highest BCUT2D eigenvalue weighted by molar-refractivity contribution is 4.87. The molecule has 0 N–H and O–H groups in total. The Kier molecular flexibility index (Phi) is 8.26. The second-order valence-corrected chi connectivity index (χ2v) is 7.80. The summed E-state index contributed by atoms with van der Waals surface area (Å²) in [7, 11) is 0. The largest absolute Gasteiger partial charge is 0.381 e. The average molecular weight is 299 g/mol. The maximum atomic E-state index is 5.54. The van der Waals surface area contributed by atoms with Gasteiger partial charge in [0.25, 0.3) is 0 Å². The predicted molar refractivity (Wildman–Crippen MR) is 90.6 cm³/mol. The van der Waals surface area contributed by atoms with Crippen LogP contribution in [0.5, 0.6) is 0 Å². The summed E-state index contributed by atoms with van der Waals surface area (Å²) in [6.45, 7) is 16.8. The summed E-state index contributed by atoms with van der Waals surface area (Å²) in [5.74, 6) is 2.30. The molecule has 2 heteroatoms. The highest BCUT2D eigenvalue weighted by atomic mass is 16.5. The van der Waals surface area contributed by atoms with E-state index in [2.05, 4.69) is 41.5 Å². The van der Waals surface area contributed by atoms with Gasteiger partial charge < -0.3 is 9.47 Å². The monoisotopic (exact) mass is 298 g/mol. The Morgan fingerprint density at radius 2 is 1.38 bits per heavy atom. The molecule has 2 aliphatic heterocycles. The van der Waals surface area contributed by atoms with Gasteiger partial charge in [0.2, 0.25) is 0 Å². The minimum atomic E-state index is 0.554. The molecule has 21 heavy (non-hydrogen) atoms. The van der Waals surface area contributed by atoms with Crippen LogP contribution in [0.1, 0.15) is 73.6 Å². The van der Waals surface area contributed by atoms with Crippen LogP contribution in [0.25, 0.3) is 0 Å². The summed E-state index contributed by atoms with van der Waals surface area (Å²) >= 11 is 0. The molecule has 2 nitrogen and oxygen atoms in total. The van der Waals surface area contributed by atoms with E-state index in [-0.39, 0.29) is 0 Å². The van der Waals surface area contributed by atoms with Crippen LogP contribution in [0.2, 0.25) is 0 Å². The standard InChI is InChI=1S/C11H22O.C8H16O/c1-9(2)11(10(3)4)5-7-12-8-6-11;1-7(2)8-5-3-4-6-9-8/h9-10H,5-8H2,1-4H3;7-8H,3-6H2,1-2H3.